The van der Waals surface area contributed by atoms with Crippen LogP contribution in [0, 0.1) is 11.3 Å². The van der Waals surface area contributed by atoms with Crippen molar-refractivity contribution >= 4 is 6.09 Å². The lowest BCUT2D eigenvalue weighted by Crippen LogP contribution is -2.30. The van der Waals surface area contributed by atoms with Crippen molar-refractivity contribution in [3.05, 3.63) is 88.0 Å². The fraction of sp³-hybridized carbons (Fsp3) is 0.310. The predicted molar refractivity (Wildman–Crippen MR) is 135 cm³/mol. The molecule has 0 spiro atoms. The van der Waals surface area contributed by atoms with Crippen LogP contribution in [-0.2, 0) is 30.2 Å². The Labute approximate surface area is 227 Å². The highest BCUT2D eigenvalue weighted by Crippen LogP contribution is 2.38. The number of amides is 1. The summed E-state index contributed by atoms with van der Waals surface area (Å²) in [5, 5.41) is 9.49. The molecular weight excluding hydrogens is 538 g/mol. The number of rotatable bonds is 7. The third-order valence-electron chi connectivity index (χ3n) is 6.23. The smallest absolute Gasteiger partial charge is 0.416 e. The highest BCUT2D eigenvalue weighted by atomic mass is 19.4. The van der Waals surface area contributed by atoms with Crippen molar-refractivity contribution in [1.29, 1.82) is 5.26 Å². The molecule has 0 heterocycles. The van der Waals surface area contributed by atoms with E-state index in [4.69, 9.17) is 9.47 Å². The van der Waals surface area contributed by atoms with E-state index in [1.807, 2.05) is 32.0 Å². The molecule has 0 aromatic heterocycles. The van der Waals surface area contributed by atoms with Gasteiger partial charge in [-0.1, -0.05) is 26.0 Å². The summed E-state index contributed by atoms with van der Waals surface area (Å²) in [6, 6.07) is 13.4. The number of hydrogen-bond acceptors (Lipinski definition) is 4. The van der Waals surface area contributed by atoms with Crippen molar-refractivity contribution < 1.29 is 40.6 Å². The lowest BCUT2D eigenvalue weighted by Gasteiger charge is -2.24. The Kier molecular flexibility index (Phi) is 9.03. The number of alkyl halides is 6. The zero-order valence-electron chi connectivity index (χ0n) is 22.1. The van der Waals surface area contributed by atoms with Crippen molar-refractivity contribution in [2.45, 2.75) is 45.2 Å². The first-order valence-electron chi connectivity index (χ1n) is 12.0. The van der Waals surface area contributed by atoms with Gasteiger partial charge in [0.2, 0.25) is 0 Å². The topological polar surface area (TPSA) is 62.6 Å². The predicted octanol–water partition coefficient (Wildman–Crippen LogP) is 8.16. The van der Waals surface area contributed by atoms with E-state index in [-0.39, 0.29) is 24.1 Å². The van der Waals surface area contributed by atoms with Crippen LogP contribution in [0.25, 0.3) is 11.1 Å². The molecule has 0 saturated carbocycles. The average molecular weight is 565 g/mol. The molecule has 0 aliphatic heterocycles. The van der Waals surface area contributed by atoms with Crippen molar-refractivity contribution in [2.75, 3.05) is 14.2 Å². The molecule has 0 fully saturated rings. The average Bonchev–Trinajstić information content (AvgIpc) is 2.90. The molecule has 0 radical (unpaired) electrons. The maximum Gasteiger partial charge on any atom is 0.416 e. The van der Waals surface area contributed by atoms with Gasteiger partial charge in [0, 0.05) is 12.1 Å². The minimum Gasteiger partial charge on any atom is -0.496 e. The monoisotopic (exact) mass is 564 g/mol. The summed E-state index contributed by atoms with van der Waals surface area (Å²) in [5.41, 5.74) is -0.574. The number of methoxy groups -OCH3 is 2. The maximum absolute atomic E-state index is 13.4. The molecule has 5 nitrogen and oxygen atoms in total. The highest BCUT2D eigenvalue weighted by molar-refractivity contribution is 5.76. The molecule has 212 valence electrons. The number of nitriles is 1. The van der Waals surface area contributed by atoms with Crippen LogP contribution in [-0.4, -0.2) is 25.2 Å². The van der Waals surface area contributed by atoms with Gasteiger partial charge in [0.05, 0.1) is 43.5 Å². The third-order valence-corrected chi connectivity index (χ3v) is 6.23. The van der Waals surface area contributed by atoms with Crippen molar-refractivity contribution in [3.8, 4) is 22.9 Å². The van der Waals surface area contributed by atoms with Gasteiger partial charge in [0.15, 0.2) is 0 Å². The molecule has 0 unspecified atom stereocenters. The standard InChI is InChI=1S/C29H26F6N2O3/c1-17(2)20-6-8-26(39-3)25(12-20)24-7-5-18(14-36)9-21(24)16-37(27(38)40-4)15-19-10-22(28(30,31)32)13-23(11-19)29(33,34)35/h5-13,17H,15-16H2,1-4H3. The normalized spacial score (nSPS) is 11.8. The fourth-order valence-corrected chi connectivity index (χ4v) is 4.20. The van der Waals surface area contributed by atoms with Gasteiger partial charge >= 0.3 is 18.4 Å². The van der Waals surface area contributed by atoms with E-state index in [0.29, 0.717) is 34.6 Å². The Balaban J connectivity index is 2.14. The maximum atomic E-state index is 13.4. The first kappa shape index (κ1) is 30.3. The number of carbonyl (C=O) groups excluding carboxylic acids is 1. The minimum absolute atomic E-state index is 0.0223. The van der Waals surface area contributed by atoms with E-state index in [1.54, 1.807) is 18.2 Å². The Morgan fingerprint density at radius 3 is 2.00 bits per heavy atom. The molecule has 1 amide bonds. The molecule has 40 heavy (non-hydrogen) atoms. The van der Waals surface area contributed by atoms with Gasteiger partial charge in [-0.2, -0.15) is 31.6 Å². The summed E-state index contributed by atoms with van der Waals surface area (Å²) in [6.07, 6.45) is -11.1. The van der Waals surface area contributed by atoms with Gasteiger partial charge < -0.3 is 9.47 Å². The van der Waals surface area contributed by atoms with E-state index in [2.05, 4.69) is 0 Å². The van der Waals surface area contributed by atoms with Crippen LogP contribution in [0.3, 0.4) is 0 Å². The molecule has 0 bridgehead atoms. The van der Waals surface area contributed by atoms with Crippen LogP contribution >= 0.6 is 0 Å². The van der Waals surface area contributed by atoms with Gasteiger partial charge in [-0.3, -0.25) is 4.90 Å². The lowest BCUT2D eigenvalue weighted by atomic mass is 9.92. The van der Waals surface area contributed by atoms with E-state index in [9.17, 15) is 36.4 Å². The quantitative estimate of drug-likeness (QED) is 0.272. The first-order valence-corrected chi connectivity index (χ1v) is 12.0. The van der Waals surface area contributed by atoms with Crippen LogP contribution in [0.4, 0.5) is 31.1 Å². The Morgan fingerprint density at radius 2 is 1.50 bits per heavy atom. The summed E-state index contributed by atoms with van der Waals surface area (Å²) in [7, 11) is 2.52. The van der Waals surface area contributed by atoms with Crippen molar-refractivity contribution in [3.63, 3.8) is 0 Å². The molecule has 11 heteroatoms. The van der Waals surface area contributed by atoms with Crippen LogP contribution in [0.15, 0.2) is 54.6 Å². The van der Waals surface area contributed by atoms with E-state index >= 15 is 0 Å². The van der Waals surface area contributed by atoms with Gasteiger partial charge in [0.25, 0.3) is 0 Å². The van der Waals surface area contributed by atoms with E-state index in [0.717, 1.165) is 17.6 Å². The van der Waals surface area contributed by atoms with Crippen molar-refractivity contribution in [1.82, 2.24) is 4.90 Å². The second-order valence-corrected chi connectivity index (χ2v) is 9.34. The molecule has 0 N–H and O–H groups in total. The highest BCUT2D eigenvalue weighted by Gasteiger charge is 2.37. The zero-order valence-corrected chi connectivity index (χ0v) is 22.1. The third kappa shape index (κ3) is 7.05. The fourth-order valence-electron chi connectivity index (χ4n) is 4.20. The number of ether oxygens (including phenoxy) is 2. The SMILES string of the molecule is COC(=O)N(Cc1cc(C(F)(F)F)cc(C(F)(F)F)c1)Cc1cc(C#N)ccc1-c1cc(C(C)C)ccc1OC. The lowest BCUT2D eigenvalue weighted by molar-refractivity contribution is -0.143. The minimum atomic E-state index is -5.04. The molecule has 3 aromatic carbocycles. The number of nitrogens with zero attached hydrogens (tertiary/aromatic N) is 2. The molecule has 3 aromatic rings. The molecule has 0 saturated heterocycles. The van der Waals surface area contributed by atoms with Crippen LogP contribution in [0.2, 0.25) is 0 Å². The van der Waals surface area contributed by atoms with Gasteiger partial charge in [-0.25, -0.2) is 4.79 Å². The second kappa shape index (κ2) is 11.9. The Morgan fingerprint density at radius 1 is 0.875 bits per heavy atom. The molecular formula is C29H26F6N2O3. The number of carbonyl (C=O) groups is 1. The summed E-state index contributed by atoms with van der Waals surface area (Å²) >= 11 is 0. The molecule has 3 rings (SSSR count). The van der Waals surface area contributed by atoms with Gasteiger partial charge in [0.1, 0.15) is 5.75 Å². The van der Waals surface area contributed by atoms with Crippen LogP contribution in [0.5, 0.6) is 5.75 Å². The number of halogens is 6. The summed E-state index contributed by atoms with van der Waals surface area (Å²) in [5.74, 6) is 0.648. The largest absolute Gasteiger partial charge is 0.496 e. The van der Waals surface area contributed by atoms with Gasteiger partial charge in [-0.05, 0) is 70.6 Å². The second-order valence-electron chi connectivity index (χ2n) is 9.34. The van der Waals surface area contributed by atoms with Crippen LogP contribution in [0.1, 0.15) is 53.1 Å². The molecule has 0 aliphatic rings. The van der Waals surface area contributed by atoms with E-state index in [1.165, 1.54) is 13.2 Å². The van der Waals surface area contributed by atoms with E-state index < -0.39 is 41.7 Å². The number of benzene rings is 3. The first-order chi connectivity index (χ1) is 18.7. The molecule has 0 atom stereocenters. The Hall–Kier alpha value is -4.20. The molecule has 0 aliphatic carbocycles. The number of hydrogen-bond donors (Lipinski definition) is 0. The van der Waals surface area contributed by atoms with Crippen LogP contribution < -0.4 is 4.74 Å². The Bertz CT molecular complexity index is 1390. The summed E-state index contributed by atoms with van der Waals surface area (Å²) in [4.78, 5) is 13.7. The summed E-state index contributed by atoms with van der Waals surface area (Å²) < 4.78 is 90.8. The van der Waals surface area contributed by atoms with Crippen molar-refractivity contribution in [2.24, 2.45) is 0 Å². The van der Waals surface area contributed by atoms with Gasteiger partial charge in [-0.15, -0.1) is 0 Å². The summed E-state index contributed by atoms with van der Waals surface area (Å²) in [6.45, 7) is 3.08. The zero-order chi connectivity index (χ0) is 29.8.